The first-order valence-corrected chi connectivity index (χ1v) is 5.96. The summed E-state index contributed by atoms with van der Waals surface area (Å²) in [4.78, 5) is 4.02. The van der Waals surface area contributed by atoms with Gasteiger partial charge in [-0.25, -0.2) is 0 Å². The molecule has 0 aromatic carbocycles. The predicted molar refractivity (Wildman–Crippen MR) is 66.5 cm³/mol. The van der Waals surface area contributed by atoms with Crippen molar-refractivity contribution in [1.82, 2.24) is 10.3 Å². The van der Waals surface area contributed by atoms with Crippen LogP contribution in [-0.2, 0) is 11.2 Å². The van der Waals surface area contributed by atoms with Crippen molar-refractivity contribution in [2.45, 2.75) is 39.3 Å². The minimum atomic E-state index is 0.290. The minimum Gasteiger partial charge on any atom is -0.377 e. The monoisotopic (exact) mass is 222 g/mol. The molecule has 0 amide bonds. The Balaban J connectivity index is 2.44. The fraction of sp³-hybridized carbons (Fsp3) is 0.615. The van der Waals surface area contributed by atoms with Crippen molar-refractivity contribution in [3.63, 3.8) is 0 Å². The number of hydrogen-bond acceptors (Lipinski definition) is 3. The molecule has 0 aliphatic heterocycles. The van der Waals surface area contributed by atoms with E-state index >= 15 is 0 Å². The molecule has 0 spiro atoms. The molecule has 0 bridgehead atoms. The molecule has 0 fully saturated rings. The average Bonchev–Trinajstić information content (AvgIpc) is 2.27. The second-order valence-electron chi connectivity index (χ2n) is 4.20. The molecule has 1 unspecified atom stereocenters. The summed E-state index contributed by atoms with van der Waals surface area (Å²) in [6.45, 7) is 7.98. The van der Waals surface area contributed by atoms with E-state index in [4.69, 9.17) is 4.74 Å². The maximum atomic E-state index is 5.65. The summed E-state index contributed by atoms with van der Waals surface area (Å²) in [5.74, 6) is 0. The molecule has 1 aromatic rings. The quantitative estimate of drug-likeness (QED) is 0.766. The highest BCUT2D eigenvalue weighted by molar-refractivity contribution is 5.11. The van der Waals surface area contributed by atoms with Gasteiger partial charge < -0.3 is 10.1 Å². The lowest BCUT2D eigenvalue weighted by Gasteiger charge is -2.19. The zero-order valence-corrected chi connectivity index (χ0v) is 10.4. The molecule has 3 heteroatoms. The summed E-state index contributed by atoms with van der Waals surface area (Å²) < 4.78 is 5.65. The first kappa shape index (κ1) is 13.1. The topological polar surface area (TPSA) is 34.1 Å². The number of nitrogens with one attached hydrogen (secondary N) is 1. The van der Waals surface area contributed by atoms with Gasteiger partial charge in [0.05, 0.1) is 12.7 Å². The summed E-state index contributed by atoms with van der Waals surface area (Å²) in [6, 6.07) is 4.49. The van der Waals surface area contributed by atoms with Crippen LogP contribution in [0, 0.1) is 0 Å². The van der Waals surface area contributed by atoms with Crippen LogP contribution in [0.3, 0.4) is 0 Å². The Labute approximate surface area is 98.2 Å². The second kappa shape index (κ2) is 7.36. The first-order valence-electron chi connectivity index (χ1n) is 5.96. The molecule has 1 N–H and O–H groups in total. The van der Waals surface area contributed by atoms with Gasteiger partial charge in [-0.05, 0) is 44.5 Å². The standard InChI is InChI=1S/C13H22N2O/c1-4-15-13(10-16-11(2)3)9-12-5-7-14-8-6-12/h5-8,11,13,15H,4,9-10H2,1-3H3. The summed E-state index contributed by atoms with van der Waals surface area (Å²) in [5, 5.41) is 3.44. The number of pyridine rings is 1. The Morgan fingerprint density at radius 1 is 1.31 bits per heavy atom. The summed E-state index contributed by atoms with van der Waals surface area (Å²) >= 11 is 0. The van der Waals surface area contributed by atoms with Crippen LogP contribution in [0.5, 0.6) is 0 Å². The average molecular weight is 222 g/mol. The molecule has 0 aliphatic carbocycles. The third-order valence-electron chi connectivity index (χ3n) is 2.36. The molecule has 3 nitrogen and oxygen atoms in total. The third kappa shape index (κ3) is 5.24. The van der Waals surface area contributed by atoms with Gasteiger partial charge in [-0.15, -0.1) is 0 Å². The van der Waals surface area contributed by atoms with Gasteiger partial charge in [0.2, 0.25) is 0 Å². The van der Waals surface area contributed by atoms with Gasteiger partial charge in [-0.3, -0.25) is 4.98 Å². The maximum absolute atomic E-state index is 5.65. The Morgan fingerprint density at radius 3 is 2.56 bits per heavy atom. The number of rotatable bonds is 7. The highest BCUT2D eigenvalue weighted by Gasteiger charge is 2.09. The molecular weight excluding hydrogens is 200 g/mol. The van der Waals surface area contributed by atoms with Crippen molar-refractivity contribution in [1.29, 1.82) is 0 Å². The molecule has 90 valence electrons. The van der Waals surface area contributed by atoms with Crippen LogP contribution < -0.4 is 5.32 Å². The number of hydrogen-bond donors (Lipinski definition) is 1. The lowest BCUT2D eigenvalue weighted by atomic mass is 10.1. The lowest BCUT2D eigenvalue weighted by Crippen LogP contribution is -2.36. The van der Waals surface area contributed by atoms with Crippen LogP contribution in [0.25, 0.3) is 0 Å². The van der Waals surface area contributed by atoms with E-state index in [-0.39, 0.29) is 0 Å². The van der Waals surface area contributed by atoms with Crippen LogP contribution in [0.15, 0.2) is 24.5 Å². The largest absolute Gasteiger partial charge is 0.377 e. The van der Waals surface area contributed by atoms with E-state index in [1.54, 1.807) is 0 Å². The van der Waals surface area contributed by atoms with Gasteiger partial charge in [-0.1, -0.05) is 6.92 Å². The Hall–Kier alpha value is -0.930. The zero-order valence-electron chi connectivity index (χ0n) is 10.4. The molecule has 16 heavy (non-hydrogen) atoms. The Bertz CT molecular complexity index is 275. The second-order valence-corrected chi connectivity index (χ2v) is 4.20. The molecule has 1 rings (SSSR count). The molecule has 0 radical (unpaired) electrons. The normalized spacial score (nSPS) is 13.0. The minimum absolute atomic E-state index is 0.290. The van der Waals surface area contributed by atoms with Gasteiger partial charge >= 0.3 is 0 Å². The van der Waals surface area contributed by atoms with E-state index in [9.17, 15) is 0 Å². The summed E-state index contributed by atoms with van der Waals surface area (Å²) in [6.07, 6.45) is 4.95. The summed E-state index contributed by atoms with van der Waals surface area (Å²) in [5.41, 5.74) is 1.30. The number of likely N-dealkylation sites (N-methyl/N-ethyl adjacent to an activating group) is 1. The summed E-state index contributed by atoms with van der Waals surface area (Å²) in [7, 11) is 0. The van der Waals surface area contributed by atoms with Gasteiger partial charge in [0.15, 0.2) is 0 Å². The number of aromatic nitrogens is 1. The molecule has 0 aliphatic rings. The van der Waals surface area contributed by atoms with Gasteiger partial charge in [0.1, 0.15) is 0 Å². The van der Waals surface area contributed by atoms with Crippen LogP contribution >= 0.6 is 0 Å². The van der Waals surface area contributed by atoms with Gasteiger partial charge in [0.25, 0.3) is 0 Å². The van der Waals surface area contributed by atoms with Crippen molar-refractivity contribution in [3.8, 4) is 0 Å². The van der Waals surface area contributed by atoms with Crippen molar-refractivity contribution in [2.75, 3.05) is 13.2 Å². The third-order valence-corrected chi connectivity index (χ3v) is 2.36. The van der Waals surface area contributed by atoms with Crippen LogP contribution in [0.4, 0.5) is 0 Å². The zero-order chi connectivity index (χ0) is 11.8. The molecule has 1 heterocycles. The highest BCUT2D eigenvalue weighted by Crippen LogP contribution is 2.03. The van der Waals surface area contributed by atoms with Crippen molar-refractivity contribution in [2.24, 2.45) is 0 Å². The van der Waals surface area contributed by atoms with E-state index in [0.29, 0.717) is 12.1 Å². The number of ether oxygens (including phenoxy) is 1. The van der Waals surface area contributed by atoms with E-state index in [1.165, 1.54) is 5.56 Å². The van der Waals surface area contributed by atoms with E-state index in [0.717, 1.165) is 19.6 Å². The molecule has 0 saturated heterocycles. The molecule has 0 saturated carbocycles. The van der Waals surface area contributed by atoms with Gasteiger partial charge in [-0.2, -0.15) is 0 Å². The van der Waals surface area contributed by atoms with E-state index in [1.807, 2.05) is 12.4 Å². The van der Waals surface area contributed by atoms with E-state index in [2.05, 4.69) is 43.2 Å². The Kier molecular flexibility index (Phi) is 6.04. The van der Waals surface area contributed by atoms with Crippen LogP contribution in [0.1, 0.15) is 26.3 Å². The number of nitrogens with zero attached hydrogens (tertiary/aromatic N) is 1. The highest BCUT2D eigenvalue weighted by atomic mass is 16.5. The van der Waals surface area contributed by atoms with Crippen molar-refractivity contribution in [3.05, 3.63) is 30.1 Å². The van der Waals surface area contributed by atoms with Crippen molar-refractivity contribution < 1.29 is 4.74 Å². The first-order chi connectivity index (χ1) is 7.72. The smallest absolute Gasteiger partial charge is 0.0626 e. The maximum Gasteiger partial charge on any atom is 0.0626 e. The molecule has 1 aromatic heterocycles. The van der Waals surface area contributed by atoms with Gasteiger partial charge in [0, 0.05) is 18.4 Å². The fourth-order valence-corrected chi connectivity index (χ4v) is 1.59. The SMILES string of the molecule is CCNC(COC(C)C)Cc1ccncc1. The Morgan fingerprint density at radius 2 is 2.00 bits per heavy atom. The predicted octanol–water partition coefficient (Wildman–Crippen LogP) is 2.03. The van der Waals surface area contributed by atoms with Crippen molar-refractivity contribution >= 4 is 0 Å². The lowest BCUT2D eigenvalue weighted by molar-refractivity contribution is 0.0616. The van der Waals surface area contributed by atoms with E-state index < -0.39 is 0 Å². The van der Waals surface area contributed by atoms with Crippen LogP contribution in [-0.4, -0.2) is 30.3 Å². The molecule has 1 atom stereocenters. The molecular formula is C13H22N2O. The van der Waals surface area contributed by atoms with Crippen LogP contribution in [0.2, 0.25) is 0 Å². The fourth-order valence-electron chi connectivity index (χ4n) is 1.59.